The third-order valence-corrected chi connectivity index (χ3v) is 4.95. The topological polar surface area (TPSA) is 84.7 Å². The number of nitrogens with zero attached hydrogens (tertiary/aromatic N) is 2. The van der Waals surface area contributed by atoms with Crippen LogP contribution >= 0.6 is 0 Å². The summed E-state index contributed by atoms with van der Waals surface area (Å²) in [6.45, 7) is 5.29. The Morgan fingerprint density at radius 3 is 2.47 bits per heavy atom. The number of carbonyl (C=O) groups excluding carboxylic acids is 2. The van der Waals surface area contributed by atoms with E-state index in [1.807, 2.05) is 56.3 Å². The van der Waals surface area contributed by atoms with Crippen molar-refractivity contribution in [2.75, 3.05) is 20.2 Å². The van der Waals surface area contributed by atoms with Crippen molar-refractivity contribution >= 4 is 11.8 Å². The molecule has 0 atom stereocenters. The SMILES string of the molecule is COc1ccc(CCN(Cc2cc(C(=O)NCC(C)C)no2)C(=O)c2ccccc2)cc1. The number of aromatic nitrogens is 1. The van der Waals surface area contributed by atoms with Crippen LogP contribution in [-0.4, -0.2) is 42.1 Å². The summed E-state index contributed by atoms with van der Waals surface area (Å²) in [6.07, 6.45) is 0.665. The van der Waals surface area contributed by atoms with E-state index in [9.17, 15) is 9.59 Å². The van der Waals surface area contributed by atoms with E-state index in [2.05, 4.69) is 10.5 Å². The van der Waals surface area contributed by atoms with Crippen LogP contribution in [0.25, 0.3) is 0 Å². The molecule has 2 amide bonds. The van der Waals surface area contributed by atoms with Crippen molar-refractivity contribution in [3.63, 3.8) is 0 Å². The second-order valence-electron chi connectivity index (χ2n) is 7.97. The quantitative estimate of drug-likeness (QED) is 0.521. The first kappa shape index (κ1) is 23.1. The van der Waals surface area contributed by atoms with Crippen LogP contribution in [0.2, 0.25) is 0 Å². The number of nitrogens with one attached hydrogen (secondary N) is 1. The van der Waals surface area contributed by atoms with Gasteiger partial charge in [0.05, 0.1) is 13.7 Å². The van der Waals surface area contributed by atoms with E-state index in [1.54, 1.807) is 30.2 Å². The lowest BCUT2D eigenvalue weighted by atomic mass is 10.1. The summed E-state index contributed by atoms with van der Waals surface area (Å²) in [7, 11) is 1.63. The molecule has 0 unspecified atom stereocenters. The minimum Gasteiger partial charge on any atom is -0.497 e. The lowest BCUT2D eigenvalue weighted by Gasteiger charge is -2.21. The molecule has 0 bridgehead atoms. The van der Waals surface area contributed by atoms with Gasteiger partial charge in [-0.2, -0.15) is 0 Å². The van der Waals surface area contributed by atoms with Crippen LogP contribution in [0.4, 0.5) is 0 Å². The third kappa shape index (κ3) is 6.44. The van der Waals surface area contributed by atoms with Gasteiger partial charge in [0.2, 0.25) is 0 Å². The third-order valence-electron chi connectivity index (χ3n) is 4.95. The van der Waals surface area contributed by atoms with Gasteiger partial charge in [0, 0.05) is 24.7 Å². The molecule has 0 fully saturated rings. The molecule has 1 aromatic heterocycles. The number of benzene rings is 2. The molecule has 0 aliphatic rings. The van der Waals surface area contributed by atoms with Gasteiger partial charge in [-0.25, -0.2) is 0 Å². The Balaban J connectivity index is 1.72. The lowest BCUT2D eigenvalue weighted by Crippen LogP contribution is -2.32. The van der Waals surface area contributed by atoms with Crippen LogP contribution in [0, 0.1) is 5.92 Å². The monoisotopic (exact) mass is 435 g/mol. The Bertz CT molecular complexity index is 1010. The molecule has 32 heavy (non-hydrogen) atoms. The highest BCUT2D eigenvalue weighted by molar-refractivity contribution is 5.94. The van der Waals surface area contributed by atoms with E-state index in [0.717, 1.165) is 11.3 Å². The molecule has 0 radical (unpaired) electrons. The molecule has 0 saturated heterocycles. The number of methoxy groups -OCH3 is 1. The van der Waals surface area contributed by atoms with E-state index in [1.165, 1.54) is 0 Å². The number of ether oxygens (including phenoxy) is 1. The molecule has 0 aliphatic heterocycles. The minimum atomic E-state index is -0.284. The van der Waals surface area contributed by atoms with E-state index in [4.69, 9.17) is 9.26 Å². The maximum atomic E-state index is 13.2. The van der Waals surface area contributed by atoms with E-state index in [-0.39, 0.29) is 24.1 Å². The first-order valence-electron chi connectivity index (χ1n) is 10.7. The molecule has 7 nitrogen and oxygen atoms in total. The van der Waals surface area contributed by atoms with Gasteiger partial charge in [0.15, 0.2) is 11.5 Å². The molecule has 0 aliphatic carbocycles. The lowest BCUT2D eigenvalue weighted by molar-refractivity contribution is 0.0729. The average Bonchev–Trinajstić information content (AvgIpc) is 3.29. The summed E-state index contributed by atoms with van der Waals surface area (Å²) < 4.78 is 10.6. The van der Waals surface area contributed by atoms with Crippen LogP contribution in [-0.2, 0) is 13.0 Å². The fraction of sp³-hybridized carbons (Fsp3) is 0.320. The first-order valence-corrected chi connectivity index (χ1v) is 10.7. The summed E-state index contributed by atoms with van der Waals surface area (Å²) >= 11 is 0. The standard InChI is InChI=1S/C25H29N3O4/c1-18(2)16-26-24(29)23-15-22(32-27-23)17-28(25(30)20-7-5-4-6-8-20)14-13-19-9-11-21(31-3)12-10-19/h4-12,15,18H,13-14,16-17H2,1-3H3,(H,26,29). The molecule has 2 aromatic carbocycles. The van der Waals surface area contributed by atoms with Crippen LogP contribution in [0.5, 0.6) is 5.75 Å². The van der Waals surface area contributed by atoms with Crippen molar-refractivity contribution < 1.29 is 18.8 Å². The minimum absolute atomic E-state index is 0.110. The predicted molar refractivity (Wildman–Crippen MR) is 122 cm³/mol. The molecule has 168 valence electrons. The molecule has 1 N–H and O–H groups in total. The summed E-state index contributed by atoms with van der Waals surface area (Å²) in [5.74, 6) is 1.19. The molecule has 0 spiro atoms. The van der Waals surface area contributed by atoms with Gasteiger partial charge >= 0.3 is 0 Å². The Hall–Kier alpha value is -3.61. The van der Waals surface area contributed by atoms with Crippen molar-refractivity contribution in [3.8, 4) is 5.75 Å². The zero-order valence-electron chi connectivity index (χ0n) is 18.7. The summed E-state index contributed by atoms with van der Waals surface area (Å²) in [4.78, 5) is 27.1. The number of carbonyl (C=O) groups is 2. The van der Waals surface area contributed by atoms with Gasteiger partial charge in [0.1, 0.15) is 5.75 Å². The molecular weight excluding hydrogens is 406 g/mol. The number of hydrogen-bond donors (Lipinski definition) is 1. The Morgan fingerprint density at radius 2 is 1.81 bits per heavy atom. The summed E-state index contributed by atoms with van der Waals surface area (Å²) in [6, 6.07) is 18.5. The van der Waals surface area contributed by atoms with Crippen molar-refractivity contribution in [3.05, 3.63) is 83.2 Å². The van der Waals surface area contributed by atoms with Gasteiger partial charge in [-0.1, -0.05) is 49.3 Å². The highest BCUT2D eigenvalue weighted by Crippen LogP contribution is 2.15. The van der Waals surface area contributed by atoms with Crippen molar-refractivity contribution in [1.29, 1.82) is 0 Å². The Morgan fingerprint density at radius 1 is 1.09 bits per heavy atom. The maximum Gasteiger partial charge on any atom is 0.273 e. The molecular formula is C25H29N3O4. The number of amides is 2. The van der Waals surface area contributed by atoms with Crippen LogP contribution in [0.3, 0.4) is 0 Å². The van der Waals surface area contributed by atoms with Gasteiger partial charge < -0.3 is 19.5 Å². The van der Waals surface area contributed by atoms with Crippen LogP contribution in [0.15, 0.2) is 65.2 Å². The van der Waals surface area contributed by atoms with E-state index < -0.39 is 0 Å². The van der Waals surface area contributed by atoms with Gasteiger partial charge in [-0.05, 0) is 42.2 Å². The van der Waals surface area contributed by atoms with Crippen molar-refractivity contribution in [2.45, 2.75) is 26.8 Å². The second-order valence-corrected chi connectivity index (χ2v) is 7.97. The van der Waals surface area contributed by atoms with Gasteiger partial charge in [0.25, 0.3) is 11.8 Å². The van der Waals surface area contributed by atoms with E-state index in [0.29, 0.717) is 36.8 Å². The zero-order chi connectivity index (χ0) is 22.9. The van der Waals surface area contributed by atoms with Crippen LogP contribution < -0.4 is 10.1 Å². The zero-order valence-corrected chi connectivity index (χ0v) is 18.7. The Labute approximate surface area is 188 Å². The average molecular weight is 436 g/mol. The summed E-state index contributed by atoms with van der Waals surface area (Å²) in [5, 5.41) is 6.70. The second kappa shape index (κ2) is 11.1. The molecule has 7 heteroatoms. The fourth-order valence-electron chi connectivity index (χ4n) is 3.14. The molecule has 0 saturated carbocycles. The first-order chi connectivity index (χ1) is 15.5. The normalized spacial score (nSPS) is 10.8. The van der Waals surface area contributed by atoms with E-state index >= 15 is 0 Å². The van der Waals surface area contributed by atoms with Gasteiger partial charge in [-0.15, -0.1) is 0 Å². The number of rotatable bonds is 10. The van der Waals surface area contributed by atoms with Gasteiger partial charge in [-0.3, -0.25) is 9.59 Å². The molecule has 3 aromatic rings. The Kier molecular flexibility index (Phi) is 8.02. The highest BCUT2D eigenvalue weighted by Gasteiger charge is 2.20. The fourth-order valence-corrected chi connectivity index (χ4v) is 3.14. The molecule has 1 heterocycles. The highest BCUT2D eigenvalue weighted by atomic mass is 16.5. The van der Waals surface area contributed by atoms with Crippen LogP contribution in [0.1, 0.15) is 46.0 Å². The maximum absolute atomic E-state index is 13.2. The predicted octanol–water partition coefficient (Wildman–Crippen LogP) is 3.95. The smallest absolute Gasteiger partial charge is 0.273 e. The number of hydrogen-bond acceptors (Lipinski definition) is 5. The van der Waals surface area contributed by atoms with Crippen molar-refractivity contribution in [1.82, 2.24) is 15.4 Å². The summed E-state index contributed by atoms with van der Waals surface area (Å²) in [5.41, 5.74) is 1.89. The van der Waals surface area contributed by atoms with Crippen molar-refractivity contribution in [2.24, 2.45) is 5.92 Å². The largest absolute Gasteiger partial charge is 0.497 e. The molecule has 3 rings (SSSR count).